The average Bonchev–Trinajstić information content (AvgIpc) is 3.21. The fraction of sp³-hybridized carbons (Fsp3) is 0.286. The van der Waals surface area contributed by atoms with E-state index < -0.39 is 0 Å². The molecule has 3 rings (SSSR count). The summed E-state index contributed by atoms with van der Waals surface area (Å²) in [7, 11) is 0. The topological polar surface area (TPSA) is 68.5 Å². The van der Waals surface area contributed by atoms with Crippen LogP contribution in [-0.2, 0) is 11.3 Å². The lowest BCUT2D eigenvalue weighted by Gasteiger charge is -2.20. The van der Waals surface area contributed by atoms with Crippen LogP contribution >= 0.6 is 11.8 Å². The molecule has 0 N–H and O–H groups in total. The van der Waals surface area contributed by atoms with Gasteiger partial charge in [0.1, 0.15) is 5.75 Å². The molecule has 1 heterocycles. The lowest BCUT2D eigenvalue weighted by molar-refractivity contribution is -0.128. The summed E-state index contributed by atoms with van der Waals surface area (Å²) in [6, 6.07) is 17.4. The molecule has 1 amide bonds. The summed E-state index contributed by atoms with van der Waals surface area (Å²) in [4.78, 5) is 14.3. The quantitative estimate of drug-likeness (QED) is 0.502. The van der Waals surface area contributed by atoms with Crippen molar-refractivity contribution in [1.82, 2.24) is 15.1 Å². The molecule has 0 saturated carbocycles. The summed E-state index contributed by atoms with van der Waals surface area (Å²) in [5.74, 6) is 1.52. The molecule has 146 valence electrons. The zero-order valence-corrected chi connectivity index (χ0v) is 16.8. The van der Waals surface area contributed by atoms with Crippen LogP contribution in [0.4, 0.5) is 0 Å². The van der Waals surface area contributed by atoms with Gasteiger partial charge in [-0.2, -0.15) is 0 Å². The molecular formula is C21H23N3O3S. The van der Waals surface area contributed by atoms with Crippen molar-refractivity contribution in [3.05, 3.63) is 60.2 Å². The van der Waals surface area contributed by atoms with Gasteiger partial charge in [-0.05, 0) is 43.7 Å². The molecule has 1 aromatic heterocycles. The Hall–Kier alpha value is -2.80. The lowest BCUT2D eigenvalue weighted by Crippen LogP contribution is -2.31. The first kappa shape index (κ1) is 19.9. The molecule has 0 aliphatic carbocycles. The van der Waals surface area contributed by atoms with Crippen molar-refractivity contribution >= 4 is 17.7 Å². The molecule has 2 aromatic carbocycles. The molecule has 0 atom stereocenters. The summed E-state index contributed by atoms with van der Waals surface area (Å²) in [5.41, 5.74) is 1.92. The zero-order chi connectivity index (χ0) is 19.8. The minimum absolute atomic E-state index is 0.0390. The zero-order valence-electron chi connectivity index (χ0n) is 16.0. The first-order chi connectivity index (χ1) is 13.7. The Bertz CT molecular complexity index is 881. The molecule has 0 unspecified atom stereocenters. The van der Waals surface area contributed by atoms with E-state index in [1.54, 1.807) is 0 Å². The molecular weight excluding hydrogens is 374 g/mol. The Kier molecular flexibility index (Phi) is 7.08. The van der Waals surface area contributed by atoms with Gasteiger partial charge in [0.15, 0.2) is 0 Å². The summed E-state index contributed by atoms with van der Waals surface area (Å²) in [5, 5.41) is 8.49. The van der Waals surface area contributed by atoms with E-state index in [2.05, 4.69) is 10.2 Å². The Labute approximate surface area is 168 Å². The molecule has 0 radical (unpaired) electrons. The predicted octanol–water partition coefficient (Wildman–Crippen LogP) is 4.28. The summed E-state index contributed by atoms with van der Waals surface area (Å²) in [6.45, 7) is 5.78. The molecule has 3 aromatic rings. The number of amides is 1. The van der Waals surface area contributed by atoms with Gasteiger partial charge in [0.2, 0.25) is 11.8 Å². The number of hydrogen-bond donors (Lipinski definition) is 0. The molecule has 7 heteroatoms. The van der Waals surface area contributed by atoms with Gasteiger partial charge in [-0.3, -0.25) is 4.79 Å². The second-order valence-electron chi connectivity index (χ2n) is 6.01. The molecule has 0 aliphatic rings. The maximum atomic E-state index is 12.5. The van der Waals surface area contributed by atoms with E-state index >= 15 is 0 Å². The van der Waals surface area contributed by atoms with Crippen molar-refractivity contribution in [2.24, 2.45) is 0 Å². The lowest BCUT2D eigenvalue weighted by atomic mass is 10.2. The van der Waals surface area contributed by atoms with Gasteiger partial charge in [-0.1, -0.05) is 42.1 Å². The van der Waals surface area contributed by atoms with Gasteiger partial charge in [-0.25, -0.2) is 0 Å². The molecule has 0 aliphatic heterocycles. The molecule has 0 bridgehead atoms. The number of rotatable bonds is 9. The second-order valence-corrected chi connectivity index (χ2v) is 6.94. The predicted molar refractivity (Wildman–Crippen MR) is 109 cm³/mol. The van der Waals surface area contributed by atoms with Gasteiger partial charge < -0.3 is 14.1 Å². The average molecular weight is 398 g/mol. The maximum Gasteiger partial charge on any atom is 0.277 e. The van der Waals surface area contributed by atoms with Crippen LogP contribution in [0.15, 0.2) is 64.2 Å². The van der Waals surface area contributed by atoms with Gasteiger partial charge in [0, 0.05) is 18.7 Å². The smallest absolute Gasteiger partial charge is 0.277 e. The van der Waals surface area contributed by atoms with Gasteiger partial charge in [0.05, 0.1) is 12.4 Å². The van der Waals surface area contributed by atoms with Crippen LogP contribution in [0.1, 0.15) is 19.4 Å². The van der Waals surface area contributed by atoms with Crippen LogP contribution in [-0.4, -0.2) is 39.9 Å². The van der Waals surface area contributed by atoms with Crippen molar-refractivity contribution in [1.29, 1.82) is 0 Å². The van der Waals surface area contributed by atoms with Crippen molar-refractivity contribution in [2.75, 3.05) is 18.9 Å². The number of thioether (sulfide) groups is 1. The Morgan fingerprint density at radius 3 is 2.50 bits per heavy atom. The van der Waals surface area contributed by atoms with Crippen LogP contribution in [0.3, 0.4) is 0 Å². The third-order valence-electron chi connectivity index (χ3n) is 4.09. The third kappa shape index (κ3) is 5.36. The van der Waals surface area contributed by atoms with Gasteiger partial charge in [-0.15, -0.1) is 10.2 Å². The van der Waals surface area contributed by atoms with Crippen LogP contribution in [0.5, 0.6) is 5.75 Å². The highest BCUT2D eigenvalue weighted by molar-refractivity contribution is 7.99. The van der Waals surface area contributed by atoms with Gasteiger partial charge >= 0.3 is 0 Å². The number of ether oxygens (including phenoxy) is 1. The first-order valence-electron chi connectivity index (χ1n) is 9.20. The van der Waals surface area contributed by atoms with E-state index in [4.69, 9.17) is 9.15 Å². The number of hydrogen-bond acceptors (Lipinski definition) is 6. The fourth-order valence-corrected chi connectivity index (χ4v) is 3.31. The van der Waals surface area contributed by atoms with Crippen LogP contribution in [0.25, 0.3) is 11.5 Å². The minimum atomic E-state index is 0.0390. The Morgan fingerprint density at radius 2 is 1.82 bits per heavy atom. The molecule has 0 spiro atoms. The highest BCUT2D eigenvalue weighted by Crippen LogP contribution is 2.25. The Balaban J connectivity index is 1.56. The summed E-state index contributed by atoms with van der Waals surface area (Å²) >= 11 is 1.25. The molecule has 0 saturated heterocycles. The van der Waals surface area contributed by atoms with E-state index in [9.17, 15) is 4.79 Å². The number of benzene rings is 2. The molecule has 6 nitrogen and oxygen atoms in total. The van der Waals surface area contributed by atoms with E-state index in [0.717, 1.165) is 16.9 Å². The van der Waals surface area contributed by atoms with Crippen molar-refractivity contribution in [3.8, 4) is 17.2 Å². The summed E-state index contributed by atoms with van der Waals surface area (Å²) < 4.78 is 11.1. The highest BCUT2D eigenvalue weighted by atomic mass is 32.2. The van der Waals surface area contributed by atoms with E-state index in [1.165, 1.54) is 11.8 Å². The standard InChI is InChI=1S/C21H23N3O3S/c1-3-24(14-16-8-6-5-7-9-16)19(25)15-28-21-23-22-20(27-21)17-10-12-18(13-11-17)26-4-2/h5-13H,3-4,14-15H2,1-2H3. The maximum absolute atomic E-state index is 12.5. The SMILES string of the molecule is CCOc1ccc(-c2nnc(SCC(=O)N(CC)Cc3ccccc3)o2)cc1. The third-order valence-corrected chi connectivity index (χ3v) is 4.89. The number of nitrogens with zero attached hydrogens (tertiary/aromatic N) is 3. The fourth-order valence-electron chi connectivity index (χ4n) is 2.64. The first-order valence-corrected chi connectivity index (χ1v) is 10.2. The van der Waals surface area contributed by atoms with Crippen LogP contribution < -0.4 is 4.74 Å². The second kappa shape index (κ2) is 9.94. The normalized spacial score (nSPS) is 10.6. The highest BCUT2D eigenvalue weighted by Gasteiger charge is 2.15. The molecule has 0 fully saturated rings. The van der Waals surface area contributed by atoms with E-state index in [-0.39, 0.29) is 11.7 Å². The molecule has 28 heavy (non-hydrogen) atoms. The van der Waals surface area contributed by atoms with Crippen molar-refractivity contribution in [2.45, 2.75) is 25.6 Å². The van der Waals surface area contributed by atoms with Crippen molar-refractivity contribution < 1.29 is 13.9 Å². The van der Waals surface area contributed by atoms with Gasteiger partial charge in [0.25, 0.3) is 5.22 Å². The van der Waals surface area contributed by atoms with Crippen molar-refractivity contribution in [3.63, 3.8) is 0 Å². The van der Waals surface area contributed by atoms with E-state index in [1.807, 2.05) is 73.3 Å². The van der Waals surface area contributed by atoms with Crippen LogP contribution in [0.2, 0.25) is 0 Å². The largest absolute Gasteiger partial charge is 0.494 e. The minimum Gasteiger partial charge on any atom is -0.494 e. The monoisotopic (exact) mass is 397 g/mol. The Morgan fingerprint density at radius 1 is 1.07 bits per heavy atom. The van der Waals surface area contributed by atoms with Crippen LogP contribution in [0, 0.1) is 0 Å². The van der Waals surface area contributed by atoms with E-state index in [0.29, 0.717) is 30.8 Å². The number of aromatic nitrogens is 2. The number of carbonyl (C=O) groups is 1. The number of carbonyl (C=O) groups excluding carboxylic acids is 1. The summed E-state index contributed by atoms with van der Waals surface area (Å²) in [6.07, 6.45) is 0.